The van der Waals surface area contributed by atoms with Gasteiger partial charge in [0.05, 0.1) is 0 Å². The number of rotatable bonds is 14. The Morgan fingerprint density at radius 3 is 1.90 bits per heavy atom. The van der Waals surface area contributed by atoms with Gasteiger partial charge >= 0.3 is 0 Å². The molecule has 0 aliphatic heterocycles. The molecule has 1 aliphatic carbocycles. The van der Waals surface area contributed by atoms with E-state index < -0.39 is 0 Å². The van der Waals surface area contributed by atoms with Crippen molar-refractivity contribution < 1.29 is 0 Å². The molecule has 0 aromatic heterocycles. The van der Waals surface area contributed by atoms with E-state index in [0.717, 1.165) is 5.92 Å². The minimum absolute atomic E-state index is 0.571. The van der Waals surface area contributed by atoms with Gasteiger partial charge in [-0.05, 0) is 18.8 Å². The van der Waals surface area contributed by atoms with E-state index in [-0.39, 0.29) is 0 Å². The predicted molar refractivity (Wildman–Crippen MR) is 94.1 cm³/mol. The van der Waals surface area contributed by atoms with Crippen LogP contribution in [0.4, 0.5) is 0 Å². The zero-order valence-electron chi connectivity index (χ0n) is 14.5. The SMILES string of the molecule is CCCCCCCCCCCCC(CC1CCCC1)NN. The van der Waals surface area contributed by atoms with Crippen molar-refractivity contribution in [3.63, 3.8) is 0 Å². The first kappa shape index (κ1) is 19.0. The molecule has 1 rings (SSSR count). The largest absolute Gasteiger partial charge is 0.271 e. The minimum Gasteiger partial charge on any atom is -0.271 e. The summed E-state index contributed by atoms with van der Waals surface area (Å²) in [6.07, 6.45) is 22.6. The summed E-state index contributed by atoms with van der Waals surface area (Å²) in [5, 5.41) is 0. The molecule has 126 valence electrons. The van der Waals surface area contributed by atoms with E-state index >= 15 is 0 Å². The smallest absolute Gasteiger partial charge is 0.0213 e. The van der Waals surface area contributed by atoms with E-state index in [1.165, 1.54) is 103 Å². The van der Waals surface area contributed by atoms with Gasteiger partial charge < -0.3 is 0 Å². The summed E-state index contributed by atoms with van der Waals surface area (Å²) in [5.74, 6) is 6.67. The van der Waals surface area contributed by atoms with Gasteiger partial charge in [0.15, 0.2) is 0 Å². The summed E-state index contributed by atoms with van der Waals surface area (Å²) in [6.45, 7) is 2.29. The molecule has 0 spiro atoms. The first-order valence-corrected chi connectivity index (χ1v) is 9.83. The lowest BCUT2D eigenvalue weighted by Gasteiger charge is -2.19. The van der Waals surface area contributed by atoms with Gasteiger partial charge in [-0.2, -0.15) is 0 Å². The molecule has 2 heteroatoms. The zero-order chi connectivity index (χ0) is 15.2. The van der Waals surface area contributed by atoms with Gasteiger partial charge in [0.2, 0.25) is 0 Å². The molecule has 2 nitrogen and oxygen atoms in total. The normalized spacial score (nSPS) is 17.4. The predicted octanol–water partition coefficient (Wildman–Crippen LogP) is 5.71. The molecule has 1 unspecified atom stereocenters. The topological polar surface area (TPSA) is 38.0 Å². The Bertz CT molecular complexity index is 212. The zero-order valence-corrected chi connectivity index (χ0v) is 14.5. The van der Waals surface area contributed by atoms with Crippen LogP contribution in [0, 0.1) is 5.92 Å². The van der Waals surface area contributed by atoms with E-state index in [9.17, 15) is 0 Å². The summed E-state index contributed by atoms with van der Waals surface area (Å²) in [4.78, 5) is 0. The second kappa shape index (κ2) is 13.6. The molecule has 1 saturated carbocycles. The third-order valence-corrected chi connectivity index (χ3v) is 5.23. The Hall–Kier alpha value is -0.0800. The molecule has 0 saturated heterocycles. The number of hydrazine groups is 1. The van der Waals surface area contributed by atoms with Gasteiger partial charge in [-0.25, -0.2) is 0 Å². The Kier molecular flexibility index (Phi) is 12.3. The quantitative estimate of drug-likeness (QED) is 0.245. The van der Waals surface area contributed by atoms with Crippen molar-refractivity contribution in [2.75, 3.05) is 0 Å². The Morgan fingerprint density at radius 2 is 1.38 bits per heavy atom. The molecule has 0 aromatic rings. The van der Waals surface area contributed by atoms with E-state index in [4.69, 9.17) is 5.84 Å². The van der Waals surface area contributed by atoms with Crippen molar-refractivity contribution >= 4 is 0 Å². The standard InChI is InChI=1S/C19H40N2/c1-2-3-4-5-6-7-8-9-10-11-16-19(21-20)17-18-14-12-13-15-18/h18-19,21H,2-17,20H2,1H3. The molecule has 1 fully saturated rings. The lowest BCUT2D eigenvalue weighted by molar-refractivity contribution is 0.364. The van der Waals surface area contributed by atoms with Gasteiger partial charge in [-0.3, -0.25) is 11.3 Å². The van der Waals surface area contributed by atoms with Crippen LogP contribution in [0.25, 0.3) is 0 Å². The Labute approximate surface area is 133 Å². The molecule has 0 radical (unpaired) electrons. The van der Waals surface area contributed by atoms with Gasteiger partial charge in [-0.15, -0.1) is 0 Å². The molecule has 1 atom stereocenters. The maximum absolute atomic E-state index is 5.72. The average Bonchev–Trinajstić information content (AvgIpc) is 3.01. The number of nitrogens with one attached hydrogen (secondary N) is 1. The van der Waals surface area contributed by atoms with Crippen LogP contribution in [0.5, 0.6) is 0 Å². The Balaban J connectivity index is 1.85. The maximum atomic E-state index is 5.72. The number of hydrogen-bond donors (Lipinski definition) is 2. The average molecular weight is 297 g/mol. The van der Waals surface area contributed by atoms with E-state index in [0.29, 0.717) is 6.04 Å². The summed E-state index contributed by atoms with van der Waals surface area (Å²) < 4.78 is 0. The van der Waals surface area contributed by atoms with Crippen LogP contribution < -0.4 is 11.3 Å². The van der Waals surface area contributed by atoms with E-state index in [1.807, 2.05) is 0 Å². The summed E-state index contributed by atoms with van der Waals surface area (Å²) in [7, 11) is 0. The van der Waals surface area contributed by atoms with Crippen molar-refractivity contribution in [3.05, 3.63) is 0 Å². The number of unbranched alkanes of at least 4 members (excludes halogenated alkanes) is 9. The maximum Gasteiger partial charge on any atom is 0.0213 e. The monoisotopic (exact) mass is 296 g/mol. The number of hydrogen-bond acceptors (Lipinski definition) is 2. The lowest BCUT2D eigenvalue weighted by atomic mass is 9.95. The van der Waals surface area contributed by atoms with Gasteiger partial charge in [0, 0.05) is 6.04 Å². The van der Waals surface area contributed by atoms with Crippen LogP contribution in [0.3, 0.4) is 0 Å². The molecule has 3 N–H and O–H groups in total. The van der Waals surface area contributed by atoms with Crippen molar-refractivity contribution in [3.8, 4) is 0 Å². The van der Waals surface area contributed by atoms with Crippen LogP contribution >= 0.6 is 0 Å². The molecule has 21 heavy (non-hydrogen) atoms. The fourth-order valence-electron chi connectivity index (χ4n) is 3.80. The van der Waals surface area contributed by atoms with E-state index in [2.05, 4.69) is 12.3 Å². The highest BCUT2D eigenvalue weighted by molar-refractivity contribution is 4.74. The van der Waals surface area contributed by atoms with Crippen molar-refractivity contribution in [1.29, 1.82) is 0 Å². The lowest BCUT2D eigenvalue weighted by Crippen LogP contribution is -2.36. The fraction of sp³-hybridized carbons (Fsp3) is 1.00. The second-order valence-electron chi connectivity index (χ2n) is 7.22. The highest BCUT2D eigenvalue weighted by Crippen LogP contribution is 2.29. The first-order valence-electron chi connectivity index (χ1n) is 9.83. The minimum atomic E-state index is 0.571. The van der Waals surface area contributed by atoms with Crippen LogP contribution in [0.1, 0.15) is 110 Å². The third-order valence-electron chi connectivity index (χ3n) is 5.23. The molecule has 0 bridgehead atoms. The van der Waals surface area contributed by atoms with Crippen molar-refractivity contribution in [2.24, 2.45) is 11.8 Å². The molecule has 1 aliphatic rings. The van der Waals surface area contributed by atoms with Crippen LogP contribution in [0.2, 0.25) is 0 Å². The van der Waals surface area contributed by atoms with Crippen LogP contribution in [-0.4, -0.2) is 6.04 Å². The van der Waals surface area contributed by atoms with E-state index in [1.54, 1.807) is 0 Å². The van der Waals surface area contributed by atoms with Crippen LogP contribution in [0.15, 0.2) is 0 Å². The molecule has 0 heterocycles. The molecular formula is C19H40N2. The first-order chi connectivity index (χ1) is 10.4. The summed E-state index contributed by atoms with van der Waals surface area (Å²) >= 11 is 0. The second-order valence-corrected chi connectivity index (χ2v) is 7.22. The highest BCUT2D eigenvalue weighted by atomic mass is 15.2. The number of nitrogens with two attached hydrogens (primary N) is 1. The van der Waals surface area contributed by atoms with Gasteiger partial charge in [0.1, 0.15) is 0 Å². The summed E-state index contributed by atoms with van der Waals surface area (Å²) in [5.41, 5.74) is 3.06. The van der Waals surface area contributed by atoms with Crippen molar-refractivity contribution in [1.82, 2.24) is 5.43 Å². The molecule has 0 aromatic carbocycles. The van der Waals surface area contributed by atoms with Gasteiger partial charge in [0.25, 0.3) is 0 Å². The third kappa shape index (κ3) is 10.3. The van der Waals surface area contributed by atoms with Crippen molar-refractivity contribution in [2.45, 2.75) is 116 Å². The molecular weight excluding hydrogens is 256 g/mol. The fourth-order valence-corrected chi connectivity index (χ4v) is 3.80. The van der Waals surface area contributed by atoms with Gasteiger partial charge in [-0.1, -0.05) is 96.8 Å². The highest BCUT2D eigenvalue weighted by Gasteiger charge is 2.19. The summed E-state index contributed by atoms with van der Waals surface area (Å²) in [6, 6.07) is 0.571. The Morgan fingerprint density at radius 1 is 0.857 bits per heavy atom. The van der Waals surface area contributed by atoms with Crippen LogP contribution in [-0.2, 0) is 0 Å². The molecule has 0 amide bonds.